The van der Waals surface area contributed by atoms with E-state index in [-0.39, 0.29) is 6.54 Å². The molecule has 3 nitrogen and oxygen atoms in total. The quantitative estimate of drug-likeness (QED) is 0.468. The Bertz CT molecular complexity index is 97.8. The molecule has 0 aliphatic rings. The predicted molar refractivity (Wildman–Crippen MR) is 40.5 cm³/mol. The molecule has 0 radical (unpaired) electrons. The first-order valence-electron chi connectivity index (χ1n) is 3.61. The zero-order valence-corrected chi connectivity index (χ0v) is 6.45. The fraction of sp³-hybridized carbons (Fsp3) is 1.00. The standard InChI is InChI=1S/C6H15F2N3/c7-6(8,4-10)5-11-3-1-2-9/h11H,1-5,9-10H2. The fourth-order valence-corrected chi connectivity index (χ4v) is 0.570. The molecule has 0 amide bonds. The molecule has 5 N–H and O–H groups in total. The van der Waals surface area contributed by atoms with E-state index < -0.39 is 12.5 Å². The smallest absolute Gasteiger partial charge is 0.272 e. The Morgan fingerprint density at radius 3 is 2.36 bits per heavy atom. The molecule has 0 unspecified atom stereocenters. The monoisotopic (exact) mass is 167 g/mol. The third kappa shape index (κ3) is 6.15. The summed E-state index contributed by atoms with van der Waals surface area (Å²) >= 11 is 0. The molecule has 0 aromatic heterocycles. The Morgan fingerprint density at radius 1 is 1.27 bits per heavy atom. The Morgan fingerprint density at radius 2 is 1.91 bits per heavy atom. The third-order valence-corrected chi connectivity index (χ3v) is 1.24. The lowest BCUT2D eigenvalue weighted by molar-refractivity contribution is 0.0120. The van der Waals surface area contributed by atoms with E-state index in [1.165, 1.54) is 0 Å². The highest BCUT2D eigenvalue weighted by atomic mass is 19.3. The van der Waals surface area contributed by atoms with Crippen molar-refractivity contribution in [1.82, 2.24) is 5.32 Å². The third-order valence-electron chi connectivity index (χ3n) is 1.24. The summed E-state index contributed by atoms with van der Waals surface area (Å²) in [5, 5.41) is 2.57. The van der Waals surface area contributed by atoms with Crippen LogP contribution in [0.25, 0.3) is 0 Å². The Balaban J connectivity index is 3.23. The molecule has 0 rings (SSSR count). The van der Waals surface area contributed by atoms with Gasteiger partial charge in [0.05, 0.1) is 13.1 Å². The van der Waals surface area contributed by atoms with Crippen LogP contribution in [-0.2, 0) is 0 Å². The summed E-state index contributed by atoms with van der Waals surface area (Å²) < 4.78 is 24.7. The largest absolute Gasteiger partial charge is 0.330 e. The van der Waals surface area contributed by atoms with Gasteiger partial charge in [-0.3, -0.25) is 0 Å². The molecule has 0 saturated heterocycles. The number of halogens is 2. The number of hydrogen-bond donors (Lipinski definition) is 3. The van der Waals surface area contributed by atoms with Crippen molar-refractivity contribution in [1.29, 1.82) is 0 Å². The molecule has 0 saturated carbocycles. The number of hydrogen-bond acceptors (Lipinski definition) is 3. The molecule has 0 aromatic rings. The molecule has 0 fully saturated rings. The zero-order chi connectivity index (χ0) is 8.74. The second-order valence-corrected chi connectivity index (χ2v) is 2.38. The van der Waals surface area contributed by atoms with Gasteiger partial charge in [0.25, 0.3) is 5.92 Å². The van der Waals surface area contributed by atoms with Crippen molar-refractivity contribution in [2.75, 3.05) is 26.2 Å². The summed E-state index contributed by atoms with van der Waals surface area (Å²) in [5.41, 5.74) is 9.96. The number of nitrogens with two attached hydrogens (primary N) is 2. The van der Waals surface area contributed by atoms with Gasteiger partial charge < -0.3 is 16.8 Å². The number of rotatable bonds is 6. The highest BCUT2D eigenvalue weighted by Crippen LogP contribution is 2.08. The second-order valence-electron chi connectivity index (χ2n) is 2.38. The SMILES string of the molecule is NCCCNCC(F)(F)CN. The number of alkyl halides is 2. The van der Waals surface area contributed by atoms with Crippen LogP contribution in [0, 0.1) is 0 Å². The maximum absolute atomic E-state index is 12.4. The summed E-state index contributed by atoms with van der Waals surface area (Å²) in [6.07, 6.45) is 0.709. The van der Waals surface area contributed by atoms with E-state index in [0.29, 0.717) is 19.5 Å². The van der Waals surface area contributed by atoms with E-state index in [4.69, 9.17) is 11.5 Å². The van der Waals surface area contributed by atoms with Gasteiger partial charge in [0, 0.05) is 0 Å². The summed E-state index contributed by atoms with van der Waals surface area (Å²) in [5.74, 6) is -2.78. The van der Waals surface area contributed by atoms with Crippen LogP contribution in [0.15, 0.2) is 0 Å². The average molecular weight is 167 g/mol. The van der Waals surface area contributed by atoms with Crippen LogP contribution < -0.4 is 16.8 Å². The highest BCUT2D eigenvalue weighted by molar-refractivity contribution is 4.69. The van der Waals surface area contributed by atoms with Crippen molar-refractivity contribution in [2.24, 2.45) is 11.5 Å². The maximum atomic E-state index is 12.4. The van der Waals surface area contributed by atoms with Crippen molar-refractivity contribution >= 4 is 0 Å². The lowest BCUT2D eigenvalue weighted by atomic mass is 10.3. The van der Waals surface area contributed by atoms with Gasteiger partial charge in [-0.15, -0.1) is 0 Å². The normalized spacial score (nSPS) is 12.0. The Kier molecular flexibility index (Phi) is 5.27. The molecule has 0 atom stereocenters. The van der Waals surface area contributed by atoms with Gasteiger partial charge >= 0.3 is 0 Å². The summed E-state index contributed by atoms with van der Waals surface area (Å²) in [7, 11) is 0. The van der Waals surface area contributed by atoms with Crippen LogP contribution in [-0.4, -0.2) is 32.1 Å². The van der Waals surface area contributed by atoms with E-state index in [1.807, 2.05) is 0 Å². The Labute approximate surface area is 65.1 Å². The van der Waals surface area contributed by atoms with Crippen molar-refractivity contribution < 1.29 is 8.78 Å². The van der Waals surface area contributed by atoms with Crippen LogP contribution in [0.4, 0.5) is 8.78 Å². The van der Waals surface area contributed by atoms with E-state index in [9.17, 15) is 8.78 Å². The van der Waals surface area contributed by atoms with Gasteiger partial charge in [-0.2, -0.15) is 0 Å². The molecular weight excluding hydrogens is 152 g/mol. The molecule has 11 heavy (non-hydrogen) atoms. The summed E-state index contributed by atoms with van der Waals surface area (Å²) in [4.78, 5) is 0. The zero-order valence-electron chi connectivity index (χ0n) is 6.45. The van der Waals surface area contributed by atoms with E-state index >= 15 is 0 Å². The van der Waals surface area contributed by atoms with Gasteiger partial charge in [-0.25, -0.2) is 8.78 Å². The van der Waals surface area contributed by atoms with Crippen molar-refractivity contribution in [3.8, 4) is 0 Å². The molecule has 0 aromatic carbocycles. The van der Waals surface area contributed by atoms with Crippen LogP contribution in [0.2, 0.25) is 0 Å². The molecule has 5 heteroatoms. The minimum absolute atomic E-state index is 0.358. The molecule has 0 heterocycles. The topological polar surface area (TPSA) is 64.1 Å². The minimum Gasteiger partial charge on any atom is -0.330 e. The maximum Gasteiger partial charge on any atom is 0.272 e. The highest BCUT2D eigenvalue weighted by Gasteiger charge is 2.25. The average Bonchev–Trinajstić information content (AvgIpc) is 1.99. The van der Waals surface area contributed by atoms with Crippen LogP contribution in [0.3, 0.4) is 0 Å². The first kappa shape index (κ1) is 10.7. The minimum atomic E-state index is -2.78. The lowest BCUT2D eigenvalue weighted by Gasteiger charge is -2.13. The molecule has 0 spiro atoms. The van der Waals surface area contributed by atoms with Gasteiger partial charge in [-0.05, 0) is 19.5 Å². The lowest BCUT2D eigenvalue weighted by Crippen LogP contribution is -2.39. The van der Waals surface area contributed by atoms with Gasteiger partial charge in [0.2, 0.25) is 0 Å². The van der Waals surface area contributed by atoms with Crippen LogP contribution in [0.1, 0.15) is 6.42 Å². The molecule has 68 valence electrons. The van der Waals surface area contributed by atoms with Gasteiger partial charge in [0.15, 0.2) is 0 Å². The van der Waals surface area contributed by atoms with E-state index in [1.54, 1.807) is 0 Å². The van der Waals surface area contributed by atoms with E-state index in [0.717, 1.165) is 0 Å². The van der Waals surface area contributed by atoms with Crippen molar-refractivity contribution in [3.63, 3.8) is 0 Å². The van der Waals surface area contributed by atoms with Crippen LogP contribution >= 0.6 is 0 Å². The molecule has 0 bridgehead atoms. The summed E-state index contributed by atoms with van der Waals surface area (Å²) in [6.45, 7) is 0.0689. The first-order chi connectivity index (χ1) is 5.12. The number of nitrogens with one attached hydrogen (secondary N) is 1. The summed E-state index contributed by atoms with van der Waals surface area (Å²) in [6, 6.07) is 0. The van der Waals surface area contributed by atoms with E-state index in [2.05, 4.69) is 5.32 Å². The fourth-order valence-electron chi connectivity index (χ4n) is 0.570. The first-order valence-corrected chi connectivity index (χ1v) is 3.61. The second kappa shape index (κ2) is 5.40. The van der Waals surface area contributed by atoms with Gasteiger partial charge in [0.1, 0.15) is 0 Å². The van der Waals surface area contributed by atoms with Gasteiger partial charge in [-0.1, -0.05) is 0 Å². The van der Waals surface area contributed by atoms with Crippen LogP contribution in [0.5, 0.6) is 0 Å². The van der Waals surface area contributed by atoms with Crippen molar-refractivity contribution in [3.05, 3.63) is 0 Å². The predicted octanol–water partition coefficient (Wildman–Crippen LogP) is -0.481. The molecule has 0 aliphatic heterocycles. The van der Waals surface area contributed by atoms with Crippen molar-refractivity contribution in [2.45, 2.75) is 12.3 Å². The molecular formula is C6H15F2N3. The molecule has 0 aliphatic carbocycles. The Hall–Kier alpha value is -0.260.